The van der Waals surface area contributed by atoms with E-state index in [1.165, 1.54) is 0 Å². The number of nitrogens with one attached hydrogen (secondary N) is 1. The van der Waals surface area contributed by atoms with Crippen LogP contribution in [0.1, 0.15) is 17.4 Å². The van der Waals surface area contributed by atoms with E-state index < -0.39 is 12.0 Å². The molecule has 1 aromatic carbocycles. The third kappa shape index (κ3) is 2.00. The average molecular weight is 263 g/mol. The molecule has 0 spiro atoms. The predicted molar refractivity (Wildman–Crippen MR) is 70.6 cm³/mol. The quantitative estimate of drug-likeness (QED) is 0.872. The van der Waals surface area contributed by atoms with Gasteiger partial charge < -0.3 is 9.52 Å². The van der Waals surface area contributed by atoms with Crippen molar-refractivity contribution in [3.05, 3.63) is 36.1 Å². The first kappa shape index (κ1) is 11.6. The fourth-order valence-electron chi connectivity index (χ4n) is 2.19. The normalized spacial score (nSPS) is 24.2. The van der Waals surface area contributed by atoms with Crippen LogP contribution in [0.4, 0.5) is 0 Å². The number of fused-ring (bicyclic) bond motifs is 1. The number of hydrogen-bond donors (Lipinski definition) is 2. The number of carboxylic acids is 1. The zero-order valence-corrected chi connectivity index (χ0v) is 10.4. The Bertz CT molecular complexity index is 580. The van der Waals surface area contributed by atoms with Crippen molar-refractivity contribution in [3.8, 4) is 0 Å². The molecule has 5 heteroatoms. The molecule has 2 atom stereocenters. The van der Waals surface area contributed by atoms with E-state index in [0.29, 0.717) is 6.42 Å². The smallest absolute Gasteiger partial charge is 0.320 e. The molecule has 4 nitrogen and oxygen atoms in total. The first-order chi connectivity index (χ1) is 8.75. The number of carbonyl (C=O) groups is 1. The van der Waals surface area contributed by atoms with Gasteiger partial charge in [0.15, 0.2) is 0 Å². The highest BCUT2D eigenvalue weighted by atomic mass is 32.2. The van der Waals surface area contributed by atoms with Crippen LogP contribution in [0.3, 0.4) is 0 Å². The molecule has 2 heterocycles. The van der Waals surface area contributed by atoms with Crippen molar-refractivity contribution < 1.29 is 14.3 Å². The lowest BCUT2D eigenvalue weighted by atomic mass is 10.1. The molecule has 0 radical (unpaired) electrons. The molecule has 2 aromatic rings. The first-order valence-corrected chi connectivity index (χ1v) is 6.87. The number of aliphatic carboxylic acids is 1. The Morgan fingerprint density at radius 2 is 2.28 bits per heavy atom. The van der Waals surface area contributed by atoms with Gasteiger partial charge >= 0.3 is 5.97 Å². The summed E-state index contributed by atoms with van der Waals surface area (Å²) in [5, 5.41) is 13.3. The van der Waals surface area contributed by atoms with Crippen LogP contribution < -0.4 is 5.32 Å². The molecule has 18 heavy (non-hydrogen) atoms. The Hall–Kier alpha value is -1.46. The SMILES string of the molecule is O=C(O)C1CCSC(c2coc3ccccc23)N1. The Morgan fingerprint density at radius 3 is 3.11 bits per heavy atom. The van der Waals surface area contributed by atoms with E-state index in [4.69, 9.17) is 9.52 Å². The number of rotatable bonds is 2. The van der Waals surface area contributed by atoms with Gasteiger partial charge in [-0.15, -0.1) is 11.8 Å². The molecule has 1 aliphatic rings. The van der Waals surface area contributed by atoms with Gasteiger partial charge in [-0.3, -0.25) is 10.1 Å². The minimum Gasteiger partial charge on any atom is -0.480 e. The van der Waals surface area contributed by atoms with Crippen molar-refractivity contribution in [2.24, 2.45) is 0 Å². The van der Waals surface area contributed by atoms with Gasteiger partial charge in [0.25, 0.3) is 0 Å². The van der Waals surface area contributed by atoms with Crippen LogP contribution in [0.15, 0.2) is 34.9 Å². The maximum atomic E-state index is 11.0. The van der Waals surface area contributed by atoms with Gasteiger partial charge in [-0.1, -0.05) is 18.2 Å². The van der Waals surface area contributed by atoms with Crippen molar-refractivity contribution in [2.45, 2.75) is 17.8 Å². The summed E-state index contributed by atoms with van der Waals surface area (Å²) in [5.74, 6) is 0.0572. The Labute approximate surface area is 108 Å². The fraction of sp³-hybridized carbons (Fsp3) is 0.308. The van der Waals surface area contributed by atoms with Gasteiger partial charge in [0.05, 0.1) is 11.6 Å². The Morgan fingerprint density at radius 1 is 1.44 bits per heavy atom. The van der Waals surface area contributed by atoms with E-state index in [0.717, 1.165) is 22.3 Å². The molecule has 0 bridgehead atoms. The summed E-state index contributed by atoms with van der Waals surface area (Å²) in [5.41, 5.74) is 1.87. The van der Waals surface area contributed by atoms with E-state index >= 15 is 0 Å². The molecule has 0 amide bonds. The maximum absolute atomic E-state index is 11.0. The van der Waals surface area contributed by atoms with E-state index in [9.17, 15) is 4.79 Å². The maximum Gasteiger partial charge on any atom is 0.320 e. The molecular formula is C13H13NO3S. The average Bonchev–Trinajstić information content (AvgIpc) is 2.82. The highest BCUT2D eigenvalue weighted by Crippen LogP contribution is 2.36. The monoisotopic (exact) mass is 263 g/mol. The topological polar surface area (TPSA) is 62.5 Å². The van der Waals surface area contributed by atoms with Crippen molar-refractivity contribution in [1.29, 1.82) is 0 Å². The molecule has 1 aliphatic heterocycles. The molecule has 1 saturated heterocycles. The van der Waals surface area contributed by atoms with Crippen LogP contribution in [-0.4, -0.2) is 22.9 Å². The molecule has 1 fully saturated rings. The number of carboxylic acid groups (broad SMARTS) is 1. The van der Waals surface area contributed by atoms with Crippen LogP contribution in [0.2, 0.25) is 0 Å². The zero-order chi connectivity index (χ0) is 12.5. The number of furan rings is 1. The Kier molecular flexibility index (Phi) is 3.01. The highest BCUT2D eigenvalue weighted by molar-refractivity contribution is 7.99. The molecule has 3 rings (SSSR count). The predicted octanol–water partition coefficient (Wildman–Crippen LogP) is 2.61. The minimum absolute atomic E-state index is 0.0106. The summed E-state index contributed by atoms with van der Waals surface area (Å²) < 4.78 is 5.50. The van der Waals surface area contributed by atoms with Crippen molar-refractivity contribution >= 4 is 28.7 Å². The van der Waals surface area contributed by atoms with Gasteiger partial charge in [-0.25, -0.2) is 0 Å². The van der Waals surface area contributed by atoms with Crippen LogP contribution in [0.5, 0.6) is 0 Å². The molecule has 0 saturated carbocycles. The van der Waals surface area contributed by atoms with Crippen LogP contribution >= 0.6 is 11.8 Å². The molecule has 94 valence electrons. The number of benzene rings is 1. The standard InChI is InChI=1S/C13H13NO3S/c15-13(16)10-5-6-18-12(14-10)9-7-17-11-4-2-1-3-8(9)11/h1-4,7,10,12,14H,5-6H2,(H,15,16). The summed E-state index contributed by atoms with van der Waals surface area (Å²) in [6.07, 6.45) is 2.38. The zero-order valence-electron chi connectivity index (χ0n) is 9.63. The van der Waals surface area contributed by atoms with Gasteiger partial charge in [-0.05, 0) is 18.2 Å². The van der Waals surface area contributed by atoms with Gasteiger partial charge in [0, 0.05) is 10.9 Å². The lowest BCUT2D eigenvalue weighted by Gasteiger charge is -2.27. The van der Waals surface area contributed by atoms with E-state index in [1.54, 1.807) is 18.0 Å². The lowest BCUT2D eigenvalue weighted by Crippen LogP contribution is -2.41. The largest absolute Gasteiger partial charge is 0.480 e. The van der Waals surface area contributed by atoms with Crippen molar-refractivity contribution in [2.75, 3.05) is 5.75 Å². The summed E-state index contributed by atoms with van der Waals surface area (Å²) >= 11 is 1.72. The second kappa shape index (κ2) is 4.66. The van der Waals surface area contributed by atoms with Crippen LogP contribution in [-0.2, 0) is 4.79 Å². The minimum atomic E-state index is -0.784. The fourth-order valence-corrected chi connectivity index (χ4v) is 3.42. The molecule has 0 aliphatic carbocycles. The number of thioether (sulfide) groups is 1. The highest BCUT2D eigenvalue weighted by Gasteiger charge is 2.29. The number of para-hydroxylation sites is 1. The second-order valence-electron chi connectivity index (χ2n) is 4.28. The first-order valence-electron chi connectivity index (χ1n) is 5.82. The summed E-state index contributed by atoms with van der Waals surface area (Å²) in [6, 6.07) is 7.34. The molecular weight excluding hydrogens is 250 g/mol. The van der Waals surface area contributed by atoms with E-state index in [1.807, 2.05) is 24.3 Å². The molecule has 2 N–H and O–H groups in total. The summed E-state index contributed by atoms with van der Waals surface area (Å²) in [7, 11) is 0. The summed E-state index contributed by atoms with van der Waals surface area (Å²) in [6.45, 7) is 0. The van der Waals surface area contributed by atoms with E-state index in [2.05, 4.69) is 5.32 Å². The van der Waals surface area contributed by atoms with Crippen molar-refractivity contribution in [3.63, 3.8) is 0 Å². The number of hydrogen-bond acceptors (Lipinski definition) is 4. The second-order valence-corrected chi connectivity index (χ2v) is 5.50. The van der Waals surface area contributed by atoms with Crippen LogP contribution in [0.25, 0.3) is 11.0 Å². The van der Waals surface area contributed by atoms with Crippen molar-refractivity contribution in [1.82, 2.24) is 5.32 Å². The Balaban J connectivity index is 1.92. The van der Waals surface area contributed by atoms with Gasteiger partial charge in [0.1, 0.15) is 11.6 Å². The van der Waals surface area contributed by atoms with Crippen LogP contribution in [0, 0.1) is 0 Å². The third-order valence-electron chi connectivity index (χ3n) is 3.14. The summed E-state index contributed by atoms with van der Waals surface area (Å²) in [4.78, 5) is 11.0. The van der Waals surface area contributed by atoms with E-state index in [-0.39, 0.29) is 5.37 Å². The van der Waals surface area contributed by atoms with Gasteiger partial charge in [-0.2, -0.15) is 0 Å². The third-order valence-corrected chi connectivity index (χ3v) is 4.33. The van der Waals surface area contributed by atoms with Gasteiger partial charge in [0.2, 0.25) is 0 Å². The molecule has 1 aromatic heterocycles. The molecule has 2 unspecified atom stereocenters. The lowest BCUT2D eigenvalue weighted by molar-refractivity contribution is -0.139.